The normalized spacial score (nSPS) is 20.4. The number of aliphatic hydroxyl groups excluding tert-OH is 1. The van der Waals surface area contributed by atoms with Gasteiger partial charge in [-0.25, -0.2) is 15.0 Å². The number of aromatic amines is 1. The fraction of sp³-hybridized carbons (Fsp3) is 0.250. The molecule has 1 fully saturated rings. The number of β-amino-alcohol motifs (C(OH)–C–C–N with tert-alkyl or cyclic N) is 1. The van der Waals surface area contributed by atoms with Gasteiger partial charge in [-0.3, -0.25) is 0 Å². The van der Waals surface area contributed by atoms with Crippen LogP contribution in [-0.4, -0.2) is 44.2 Å². The zero-order chi connectivity index (χ0) is 16.7. The first-order valence-corrected chi connectivity index (χ1v) is 7.55. The summed E-state index contributed by atoms with van der Waals surface area (Å²) in [6.07, 6.45) is 4.49. The van der Waals surface area contributed by atoms with Crippen LogP contribution in [0.25, 0.3) is 22.3 Å². The Balaban J connectivity index is 1.86. The maximum atomic E-state index is 10.0. The summed E-state index contributed by atoms with van der Waals surface area (Å²) in [6, 6.07) is 5.83. The van der Waals surface area contributed by atoms with E-state index in [1.54, 1.807) is 18.5 Å². The number of nitrogen functional groups attached to an aromatic ring is 1. The SMILES string of the molecule is N#C[C@H]1CN(c2ccnc3[nH]cc(-c4ccnc(N)n4)c23)C[C@@H]1O. The number of aliphatic hydroxyl groups is 1. The van der Waals surface area contributed by atoms with Gasteiger partial charge in [0.1, 0.15) is 5.65 Å². The van der Waals surface area contributed by atoms with Crippen molar-refractivity contribution in [1.29, 1.82) is 5.26 Å². The highest BCUT2D eigenvalue weighted by Gasteiger charge is 2.32. The van der Waals surface area contributed by atoms with E-state index < -0.39 is 12.0 Å². The molecule has 0 bridgehead atoms. The van der Waals surface area contributed by atoms with Crippen molar-refractivity contribution in [2.24, 2.45) is 5.92 Å². The van der Waals surface area contributed by atoms with Crippen molar-refractivity contribution < 1.29 is 5.11 Å². The number of hydrogen-bond acceptors (Lipinski definition) is 7. The van der Waals surface area contributed by atoms with Gasteiger partial charge in [0.25, 0.3) is 0 Å². The highest BCUT2D eigenvalue weighted by Crippen LogP contribution is 2.36. The summed E-state index contributed by atoms with van der Waals surface area (Å²) >= 11 is 0. The number of pyridine rings is 1. The molecule has 1 saturated heterocycles. The third-order valence-electron chi connectivity index (χ3n) is 4.30. The second-order valence-electron chi connectivity index (χ2n) is 5.76. The van der Waals surface area contributed by atoms with Gasteiger partial charge in [0.05, 0.1) is 34.9 Å². The number of fused-ring (bicyclic) bond motifs is 1. The van der Waals surface area contributed by atoms with Crippen LogP contribution in [-0.2, 0) is 0 Å². The highest BCUT2D eigenvalue weighted by atomic mass is 16.3. The summed E-state index contributed by atoms with van der Waals surface area (Å²) in [4.78, 5) is 17.7. The molecular weight excluding hydrogens is 306 g/mol. The van der Waals surface area contributed by atoms with E-state index in [1.807, 2.05) is 17.2 Å². The average molecular weight is 321 g/mol. The molecule has 4 heterocycles. The van der Waals surface area contributed by atoms with Gasteiger partial charge in [0.2, 0.25) is 5.95 Å². The Labute approximate surface area is 137 Å². The lowest BCUT2D eigenvalue weighted by Crippen LogP contribution is -2.21. The van der Waals surface area contributed by atoms with Crippen LogP contribution in [0, 0.1) is 17.2 Å². The molecule has 0 spiro atoms. The number of aromatic nitrogens is 4. The van der Waals surface area contributed by atoms with Crippen LogP contribution in [0.5, 0.6) is 0 Å². The summed E-state index contributed by atoms with van der Waals surface area (Å²) < 4.78 is 0. The molecule has 0 radical (unpaired) electrons. The predicted octanol–water partition coefficient (Wildman–Crippen LogP) is 0.923. The minimum absolute atomic E-state index is 0.202. The Kier molecular flexibility index (Phi) is 3.29. The topological polar surface area (TPSA) is 128 Å². The molecule has 1 aliphatic heterocycles. The molecule has 4 rings (SSSR count). The molecule has 8 nitrogen and oxygen atoms in total. The van der Waals surface area contributed by atoms with Gasteiger partial charge in [0, 0.05) is 37.2 Å². The summed E-state index contributed by atoms with van der Waals surface area (Å²) in [6.45, 7) is 0.890. The molecule has 0 unspecified atom stereocenters. The largest absolute Gasteiger partial charge is 0.390 e. The minimum Gasteiger partial charge on any atom is -0.390 e. The molecule has 24 heavy (non-hydrogen) atoms. The van der Waals surface area contributed by atoms with E-state index in [-0.39, 0.29) is 5.95 Å². The first-order chi connectivity index (χ1) is 11.7. The van der Waals surface area contributed by atoms with Gasteiger partial charge in [-0.1, -0.05) is 0 Å². The van der Waals surface area contributed by atoms with Crippen molar-refractivity contribution in [3.8, 4) is 17.3 Å². The quantitative estimate of drug-likeness (QED) is 0.640. The van der Waals surface area contributed by atoms with Gasteiger partial charge >= 0.3 is 0 Å². The van der Waals surface area contributed by atoms with E-state index in [0.29, 0.717) is 18.8 Å². The Morgan fingerprint density at radius 1 is 1.29 bits per heavy atom. The summed E-state index contributed by atoms with van der Waals surface area (Å²) in [7, 11) is 0. The lowest BCUT2D eigenvalue weighted by molar-refractivity contribution is 0.171. The van der Waals surface area contributed by atoms with Crippen molar-refractivity contribution in [3.05, 3.63) is 30.7 Å². The van der Waals surface area contributed by atoms with Crippen molar-refractivity contribution in [2.75, 3.05) is 23.7 Å². The van der Waals surface area contributed by atoms with Crippen molar-refractivity contribution >= 4 is 22.7 Å². The maximum Gasteiger partial charge on any atom is 0.220 e. The van der Waals surface area contributed by atoms with Gasteiger partial charge < -0.3 is 20.7 Å². The summed E-state index contributed by atoms with van der Waals surface area (Å²) in [5.74, 6) is -0.196. The lowest BCUT2D eigenvalue weighted by atomic mass is 10.1. The van der Waals surface area contributed by atoms with E-state index in [4.69, 9.17) is 11.0 Å². The summed E-state index contributed by atoms with van der Waals surface area (Å²) in [5.41, 5.74) is 8.87. The number of nitrogens with one attached hydrogen (secondary N) is 1. The Bertz CT molecular complexity index is 945. The molecular formula is C16H15N7O. The van der Waals surface area contributed by atoms with Gasteiger partial charge in [-0.05, 0) is 12.1 Å². The van der Waals surface area contributed by atoms with E-state index in [0.717, 1.165) is 22.3 Å². The molecule has 0 aromatic carbocycles. The third-order valence-corrected chi connectivity index (χ3v) is 4.30. The second-order valence-corrected chi connectivity index (χ2v) is 5.76. The standard InChI is InChI=1S/C16H15N7O/c17-5-9-7-23(8-13(9)24)12-2-4-19-15-14(12)10(6-21-15)11-1-3-20-16(18)22-11/h1-4,6,9,13,24H,7-8H2,(H,19,21)(H2,18,20,22)/t9-,13-/m0/s1. The maximum absolute atomic E-state index is 10.0. The van der Waals surface area contributed by atoms with Crippen LogP contribution in [0.4, 0.5) is 11.6 Å². The van der Waals surface area contributed by atoms with Gasteiger partial charge in [0.15, 0.2) is 0 Å². The average Bonchev–Trinajstić information content (AvgIpc) is 3.18. The first kappa shape index (κ1) is 14.4. The number of nitrogens with zero attached hydrogens (tertiary/aromatic N) is 5. The molecule has 120 valence electrons. The van der Waals surface area contributed by atoms with Gasteiger partial charge in [-0.2, -0.15) is 5.26 Å². The van der Waals surface area contributed by atoms with Crippen LogP contribution in [0.1, 0.15) is 0 Å². The number of nitriles is 1. The Morgan fingerprint density at radius 2 is 2.12 bits per heavy atom. The molecule has 3 aromatic rings. The Morgan fingerprint density at radius 3 is 2.88 bits per heavy atom. The van der Waals surface area contributed by atoms with E-state index in [1.165, 1.54) is 0 Å². The fourth-order valence-electron chi connectivity index (χ4n) is 3.14. The molecule has 0 aliphatic carbocycles. The van der Waals surface area contributed by atoms with Crippen molar-refractivity contribution in [3.63, 3.8) is 0 Å². The number of H-pyrrole nitrogens is 1. The zero-order valence-electron chi connectivity index (χ0n) is 12.7. The molecule has 0 saturated carbocycles. The second kappa shape index (κ2) is 5.47. The Hall–Kier alpha value is -3.18. The third kappa shape index (κ3) is 2.23. The molecule has 2 atom stereocenters. The van der Waals surface area contributed by atoms with Crippen LogP contribution in [0.2, 0.25) is 0 Å². The van der Waals surface area contributed by atoms with E-state index in [9.17, 15) is 5.11 Å². The first-order valence-electron chi connectivity index (χ1n) is 7.55. The van der Waals surface area contributed by atoms with Crippen molar-refractivity contribution in [2.45, 2.75) is 6.10 Å². The monoisotopic (exact) mass is 321 g/mol. The number of nitrogens with two attached hydrogens (primary N) is 1. The smallest absolute Gasteiger partial charge is 0.220 e. The molecule has 0 amide bonds. The van der Waals surface area contributed by atoms with Crippen LogP contribution in [0.3, 0.4) is 0 Å². The minimum atomic E-state index is -0.657. The van der Waals surface area contributed by atoms with Crippen molar-refractivity contribution in [1.82, 2.24) is 19.9 Å². The van der Waals surface area contributed by atoms with Crippen LogP contribution >= 0.6 is 0 Å². The molecule has 8 heteroatoms. The number of rotatable bonds is 2. The molecule has 4 N–H and O–H groups in total. The fourth-order valence-corrected chi connectivity index (χ4v) is 3.14. The van der Waals surface area contributed by atoms with E-state index >= 15 is 0 Å². The zero-order valence-corrected chi connectivity index (χ0v) is 12.7. The predicted molar refractivity (Wildman–Crippen MR) is 88.9 cm³/mol. The lowest BCUT2D eigenvalue weighted by Gasteiger charge is -2.19. The van der Waals surface area contributed by atoms with Gasteiger partial charge in [-0.15, -0.1) is 0 Å². The molecule has 1 aliphatic rings. The highest BCUT2D eigenvalue weighted by molar-refractivity contribution is 6.02. The number of anilines is 2. The number of hydrogen-bond donors (Lipinski definition) is 3. The van der Waals surface area contributed by atoms with Crippen LogP contribution < -0.4 is 10.6 Å². The van der Waals surface area contributed by atoms with Crippen LogP contribution in [0.15, 0.2) is 30.7 Å². The van der Waals surface area contributed by atoms with E-state index in [2.05, 4.69) is 26.0 Å². The summed E-state index contributed by atoms with van der Waals surface area (Å²) in [5, 5.41) is 20.1. The molecule has 3 aromatic heterocycles.